The van der Waals surface area contributed by atoms with Crippen LogP contribution in [0.1, 0.15) is 24.6 Å². The summed E-state index contributed by atoms with van der Waals surface area (Å²) in [5, 5.41) is 2.03. The van der Waals surface area contributed by atoms with Crippen LogP contribution in [0.3, 0.4) is 0 Å². The Morgan fingerprint density at radius 2 is 2.44 bits per heavy atom. The molecule has 1 rings (SSSR count). The Morgan fingerprint density at radius 3 is 3.00 bits per heavy atom. The lowest BCUT2D eigenvalue weighted by atomic mass is 10.1. The monoisotopic (exact) mass is 305 g/mol. The Bertz CT molecular complexity index is 340. The number of carbonyl (C=O) groups is 1. The van der Waals surface area contributed by atoms with Crippen LogP contribution in [-0.4, -0.2) is 18.6 Å². The van der Waals surface area contributed by atoms with Gasteiger partial charge in [-0.05, 0) is 47.1 Å². The predicted molar refractivity (Wildman–Crippen MR) is 69.6 cm³/mol. The molecule has 0 radical (unpaired) electrons. The van der Waals surface area contributed by atoms with E-state index in [1.54, 1.807) is 18.3 Å². The van der Waals surface area contributed by atoms with Gasteiger partial charge >= 0.3 is 5.97 Å². The third kappa shape index (κ3) is 4.63. The van der Waals surface area contributed by atoms with E-state index in [0.717, 1.165) is 10.9 Å². The largest absolute Gasteiger partial charge is 0.466 e. The van der Waals surface area contributed by atoms with E-state index in [9.17, 15) is 4.79 Å². The molecule has 0 fully saturated rings. The summed E-state index contributed by atoms with van der Waals surface area (Å²) in [4.78, 5) is 12.4. The van der Waals surface area contributed by atoms with Crippen molar-refractivity contribution in [2.24, 2.45) is 5.73 Å². The lowest BCUT2D eigenvalue weighted by Crippen LogP contribution is -2.24. The number of carbonyl (C=O) groups excluding carboxylic acids is 1. The van der Waals surface area contributed by atoms with Crippen molar-refractivity contribution in [1.82, 2.24) is 0 Å². The third-order valence-corrected chi connectivity index (χ3v) is 4.11. The second-order valence-corrected chi connectivity index (χ2v) is 5.35. The number of nitrogens with two attached hydrogens (primary N) is 1. The van der Waals surface area contributed by atoms with Crippen molar-refractivity contribution in [3.05, 3.63) is 20.8 Å². The summed E-state index contributed by atoms with van der Waals surface area (Å²) in [5.74, 6) is -0.164. The van der Waals surface area contributed by atoms with Crippen LogP contribution in [0.15, 0.2) is 15.9 Å². The molecular weight excluding hydrogens is 290 g/mol. The second kappa shape index (κ2) is 7.04. The Morgan fingerprint density at radius 1 is 1.69 bits per heavy atom. The lowest BCUT2D eigenvalue weighted by Gasteiger charge is -2.10. The van der Waals surface area contributed by atoms with Gasteiger partial charge in [0.25, 0.3) is 0 Å². The summed E-state index contributed by atoms with van der Waals surface area (Å²) in [6, 6.07) is 2.03. The topological polar surface area (TPSA) is 52.3 Å². The Balaban J connectivity index is 2.28. The molecular formula is C11H16BrNO2S. The van der Waals surface area contributed by atoms with Crippen LogP contribution in [-0.2, 0) is 16.0 Å². The average Bonchev–Trinajstić information content (AvgIpc) is 2.62. The smallest absolute Gasteiger partial charge is 0.305 e. The van der Waals surface area contributed by atoms with Gasteiger partial charge in [-0.15, -0.1) is 11.3 Å². The van der Waals surface area contributed by atoms with E-state index in [2.05, 4.69) is 15.9 Å². The first-order valence-electron chi connectivity index (χ1n) is 5.26. The van der Waals surface area contributed by atoms with Gasteiger partial charge in [0.15, 0.2) is 0 Å². The molecule has 0 aliphatic heterocycles. The van der Waals surface area contributed by atoms with Gasteiger partial charge in [-0.25, -0.2) is 0 Å². The van der Waals surface area contributed by atoms with Crippen molar-refractivity contribution in [3.63, 3.8) is 0 Å². The number of hydrogen-bond donors (Lipinski definition) is 1. The van der Waals surface area contributed by atoms with Gasteiger partial charge in [0, 0.05) is 21.8 Å². The number of rotatable bonds is 6. The molecule has 0 spiro atoms. The Hall–Kier alpha value is -0.390. The summed E-state index contributed by atoms with van der Waals surface area (Å²) >= 11 is 5.14. The van der Waals surface area contributed by atoms with Gasteiger partial charge in [-0.3, -0.25) is 4.79 Å². The minimum atomic E-state index is -0.164. The first kappa shape index (κ1) is 13.7. The highest BCUT2D eigenvalue weighted by atomic mass is 79.9. The molecule has 1 aromatic heterocycles. The maximum atomic E-state index is 11.1. The molecule has 5 heteroatoms. The van der Waals surface area contributed by atoms with Gasteiger partial charge in [0.05, 0.1) is 6.61 Å². The molecule has 0 bridgehead atoms. The van der Waals surface area contributed by atoms with E-state index < -0.39 is 0 Å². The van der Waals surface area contributed by atoms with Gasteiger partial charge in [0.2, 0.25) is 0 Å². The lowest BCUT2D eigenvalue weighted by molar-refractivity contribution is -0.143. The van der Waals surface area contributed by atoms with Gasteiger partial charge in [-0.2, -0.15) is 0 Å². The molecule has 0 aliphatic rings. The highest BCUT2D eigenvalue weighted by molar-refractivity contribution is 9.10. The first-order valence-corrected chi connectivity index (χ1v) is 6.93. The summed E-state index contributed by atoms with van der Waals surface area (Å²) in [6.45, 7) is 2.24. The standard InChI is InChI=1S/C11H16BrNO2S/c1-2-15-11(14)4-3-8(13)7-10-9(12)5-6-16-10/h5-6,8H,2-4,7,13H2,1H3. The van der Waals surface area contributed by atoms with E-state index in [0.29, 0.717) is 19.4 Å². The zero-order chi connectivity index (χ0) is 12.0. The molecule has 1 unspecified atom stereocenters. The predicted octanol–water partition coefficient (Wildman–Crippen LogP) is 2.72. The summed E-state index contributed by atoms with van der Waals surface area (Å²) in [5.41, 5.74) is 5.96. The number of esters is 1. The van der Waals surface area contributed by atoms with Crippen molar-refractivity contribution < 1.29 is 9.53 Å². The van der Waals surface area contributed by atoms with E-state index in [4.69, 9.17) is 10.5 Å². The molecule has 1 aromatic rings. The van der Waals surface area contributed by atoms with Crippen LogP contribution in [0.2, 0.25) is 0 Å². The molecule has 0 aromatic carbocycles. The fourth-order valence-electron chi connectivity index (χ4n) is 1.35. The molecule has 1 atom stereocenters. The first-order chi connectivity index (χ1) is 7.63. The Labute approximate surface area is 108 Å². The molecule has 0 aliphatic carbocycles. The number of thiophene rings is 1. The van der Waals surface area contributed by atoms with Gasteiger partial charge in [-0.1, -0.05) is 0 Å². The van der Waals surface area contributed by atoms with Crippen molar-refractivity contribution in [3.8, 4) is 0 Å². The normalized spacial score (nSPS) is 12.4. The molecule has 0 saturated heterocycles. The van der Waals surface area contributed by atoms with Crippen LogP contribution < -0.4 is 5.73 Å². The van der Waals surface area contributed by atoms with E-state index in [1.807, 2.05) is 11.4 Å². The Kier molecular flexibility index (Phi) is 6.01. The van der Waals surface area contributed by atoms with Crippen molar-refractivity contribution in [2.75, 3.05) is 6.61 Å². The minimum absolute atomic E-state index is 0.0133. The van der Waals surface area contributed by atoms with Crippen LogP contribution >= 0.6 is 27.3 Å². The highest BCUT2D eigenvalue weighted by Crippen LogP contribution is 2.24. The maximum Gasteiger partial charge on any atom is 0.305 e. The molecule has 90 valence electrons. The number of ether oxygens (including phenoxy) is 1. The molecule has 16 heavy (non-hydrogen) atoms. The number of halogens is 1. The van der Waals surface area contributed by atoms with E-state index in [-0.39, 0.29) is 12.0 Å². The zero-order valence-electron chi connectivity index (χ0n) is 9.24. The number of hydrogen-bond acceptors (Lipinski definition) is 4. The van der Waals surface area contributed by atoms with Crippen molar-refractivity contribution in [2.45, 2.75) is 32.2 Å². The maximum absolute atomic E-state index is 11.1. The second-order valence-electron chi connectivity index (χ2n) is 3.50. The fraction of sp³-hybridized carbons (Fsp3) is 0.545. The molecule has 0 amide bonds. The fourth-order valence-corrected chi connectivity index (χ4v) is 2.96. The summed E-state index contributed by atoms with van der Waals surface area (Å²) in [7, 11) is 0. The molecule has 3 nitrogen and oxygen atoms in total. The van der Waals surface area contributed by atoms with Crippen LogP contribution in [0, 0.1) is 0 Å². The van der Waals surface area contributed by atoms with Crippen molar-refractivity contribution >= 4 is 33.2 Å². The molecule has 1 heterocycles. The van der Waals surface area contributed by atoms with E-state index in [1.165, 1.54) is 4.88 Å². The molecule has 0 saturated carbocycles. The highest BCUT2D eigenvalue weighted by Gasteiger charge is 2.11. The van der Waals surface area contributed by atoms with Crippen LogP contribution in [0.5, 0.6) is 0 Å². The average molecular weight is 306 g/mol. The minimum Gasteiger partial charge on any atom is -0.466 e. The van der Waals surface area contributed by atoms with Gasteiger partial charge in [0.1, 0.15) is 0 Å². The van der Waals surface area contributed by atoms with E-state index >= 15 is 0 Å². The van der Waals surface area contributed by atoms with Gasteiger partial charge < -0.3 is 10.5 Å². The van der Waals surface area contributed by atoms with Crippen molar-refractivity contribution in [1.29, 1.82) is 0 Å². The zero-order valence-corrected chi connectivity index (χ0v) is 11.6. The van der Waals surface area contributed by atoms with Crippen LogP contribution in [0.25, 0.3) is 0 Å². The quantitative estimate of drug-likeness (QED) is 0.822. The molecule has 2 N–H and O–H groups in total. The SMILES string of the molecule is CCOC(=O)CCC(N)Cc1sccc1Br. The third-order valence-electron chi connectivity index (χ3n) is 2.16. The summed E-state index contributed by atoms with van der Waals surface area (Å²) < 4.78 is 5.95. The van der Waals surface area contributed by atoms with Crippen LogP contribution in [0.4, 0.5) is 0 Å². The summed E-state index contributed by atoms with van der Waals surface area (Å²) in [6.07, 6.45) is 1.87.